The number of carbonyl (C=O) groups excluding carboxylic acids is 1. The minimum absolute atomic E-state index is 0.00443. The molecule has 1 aromatic carbocycles. The van der Waals surface area contributed by atoms with Crippen molar-refractivity contribution in [1.29, 1.82) is 0 Å². The molecule has 128 valence electrons. The van der Waals surface area contributed by atoms with E-state index in [0.717, 1.165) is 29.8 Å². The Morgan fingerprint density at radius 2 is 2.04 bits per heavy atom. The first kappa shape index (κ1) is 15.6. The first-order valence-corrected chi connectivity index (χ1v) is 8.54. The molecule has 1 amide bonds. The Kier molecular flexibility index (Phi) is 3.87. The van der Waals surface area contributed by atoms with E-state index in [-0.39, 0.29) is 17.9 Å². The summed E-state index contributed by atoms with van der Waals surface area (Å²) in [5, 5.41) is 7.27. The summed E-state index contributed by atoms with van der Waals surface area (Å²) in [6.07, 6.45) is 2.02. The van der Waals surface area contributed by atoms with Crippen LogP contribution in [0.3, 0.4) is 0 Å². The van der Waals surface area contributed by atoms with E-state index in [1.165, 1.54) is 0 Å². The van der Waals surface area contributed by atoms with Gasteiger partial charge in [0.2, 0.25) is 11.9 Å². The van der Waals surface area contributed by atoms with Crippen molar-refractivity contribution < 1.29 is 9.53 Å². The van der Waals surface area contributed by atoms with Gasteiger partial charge >= 0.3 is 0 Å². The van der Waals surface area contributed by atoms with Crippen LogP contribution in [0.5, 0.6) is 5.75 Å². The fourth-order valence-corrected chi connectivity index (χ4v) is 2.74. The minimum Gasteiger partial charge on any atom is -0.491 e. The van der Waals surface area contributed by atoms with Gasteiger partial charge in [-0.1, -0.05) is 18.2 Å². The SMILES string of the molecule is CC(C)Oc1cccc(-c2cccc3nc(NC(=O)C4CC4)nn23)c1. The number of rotatable bonds is 5. The zero-order chi connectivity index (χ0) is 17.4. The first-order chi connectivity index (χ1) is 12.1. The van der Waals surface area contributed by atoms with E-state index in [0.29, 0.717) is 11.6 Å². The van der Waals surface area contributed by atoms with Gasteiger partial charge < -0.3 is 4.74 Å². The molecule has 0 atom stereocenters. The number of amides is 1. The summed E-state index contributed by atoms with van der Waals surface area (Å²) in [6, 6.07) is 13.7. The van der Waals surface area contributed by atoms with E-state index in [1.807, 2.05) is 56.3 Å². The van der Waals surface area contributed by atoms with Crippen molar-refractivity contribution in [2.45, 2.75) is 32.8 Å². The van der Waals surface area contributed by atoms with Gasteiger partial charge in [-0.05, 0) is 51.0 Å². The average molecular weight is 336 g/mol. The molecule has 1 N–H and O–H groups in total. The van der Waals surface area contributed by atoms with Crippen LogP contribution in [0.15, 0.2) is 42.5 Å². The van der Waals surface area contributed by atoms with E-state index < -0.39 is 0 Å². The first-order valence-electron chi connectivity index (χ1n) is 8.54. The smallest absolute Gasteiger partial charge is 0.249 e. The van der Waals surface area contributed by atoms with Crippen LogP contribution in [0.25, 0.3) is 16.9 Å². The molecule has 0 saturated heterocycles. The molecule has 0 bridgehead atoms. The number of ether oxygens (including phenoxy) is 1. The zero-order valence-electron chi connectivity index (χ0n) is 14.3. The van der Waals surface area contributed by atoms with Gasteiger partial charge in [0.15, 0.2) is 5.65 Å². The van der Waals surface area contributed by atoms with Crippen LogP contribution in [0.2, 0.25) is 0 Å². The molecule has 6 heteroatoms. The quantitative estimate of drug-likeness (QED) is 0.774. The lowest BCUT2D eigenvalue weighted by Gasteiger charge is -2.11. The summed E-state index contributed by atoms with van der Waals surface area (Å²) < 4.78 is 7.52. The second-order valence-electron chi connectivity index (χ2n) is 6.57. The van der Waals surface area contributed by atoms with Crippen LogP contribution >= 0.6 is 0 Å². The average Bonchev–Trinajstić information content (AvgIpc) is 3.34. The highest BCUT2D eigenvalue weighted by atomic mass is 16.5. The summed E-state index contributed by atoms with van der Waals surface area (Å²) in [5.41, 5.74) is 2.57. The number of benzene rings is 1. The van der Waals surface area contributed by atoms with Crippen molar-refractivity contribution in [2.24, 2.45) is 5.92 Å². The maximum absolute atomic E-state index is 11.9. The topological polar surface area (TPSA) is 68.5 Å². The molecule has 2 heterocycles. The lowest BCUT2D eigenvalue weighted by atomic mass is 10.1. The van der Waals surface area contributed by atoms with Crippen molar-refractivity contribution in [3.63, 3.8) is 0 Å². The van der Waals surface area contributed by atoms with Gasteiger partial charge in [-0.3, -0.25) is 10.1 Å². The molecule has 1 aliphatic rings. The van der Waals surface area contributed by atoms with E-state index in [1.54, 1.807) is 4.52 Å². The molecule has 1 fully saturated rings. The van der Waals surface area contributed by atoms with E-state index >= 15 is 0 Å². The highest BCUT2D eigenvalue weighted by Gasteiger charge is 2.30. The molecular weight excluding hydrogens is 316 g/mol. The minimum atomic E-state index is 0.00443. The third-order valence-electron chi connectivity index (χ3n) is 4.04. The second kappa shape index (κ2) is 6.20. The van der Waals surface area contributed by atoms with Gasteiger partial charge in [0.1, 0.15) is 5.75 Å². The summed E-state index contributed by atoms with van der Waals surface area (Å²) in [5.74, 6) is 1.28. The third kappa shape index (κ3) is 3.33. The Bertz CT molecular complexity index is 928. The van der Waals surface area contributed by atoms with Crippen molar-refractivity contribution in [1.82, 2.24) is 14.6 Å². The van der Waals surface area contributed by atoms with Crippen LogP contribution < -0.4 is 10.1 Å². The number of nitrogens with zero attached hydrogens (tertiary/aromatic N) is 3. The molecule has 6 nitrogen and oxygen atoms in total. The summed E-state index contributed by atoms with van der Waals surface area (Å²) in [6.45, 7) is 4.00. The Morgan fingerprint density at radius 3 is 2.80 bits per heavy atom. The summed E-state index contributed by atoms with van der Waals surface area (Å²) in [7, 11) is 0. The molecule has 25 heavy (non-hydrogen) atoms. The Hall–Kier alpha value is -2.89. The van der Waals surface area contributed by atoms with Crippen molar-refractivity contribution >= 4 is 17.5 Å². The molecule has 2 aromatic heterocycles. The van der Waals surface area contributed by atoms with Gasteiger partial charge in [-0.15, -0.1) is 5.10 Å². The number of fused-ring (bicyclic) bond motifs is 1. The van der Waals surface area contributed by atoms with E-state index in [4.69, 9.17) is 4.74 Å². The number of anilines is 1. The molecule has 0 radical (unpaired) electrons. The highest BCUT2D eigenvalue weighted by Crippen LogP contribution is 2.30. The molecule has 0 spiro atoms. The number of hydrogen-bond donors (Lipinski definition) is 1. The second-order valence-corrected chi connectivity index (χ2v) is 6.57. The van der Waals surface area contributed by atoms with Crippen molar-refractivity contribution in [3.05, 3.63) is 42.5 Å². The Balaban J connectivity index is 1.69. The maximum atomic E-state index is 11.9. The van der Waals surface area contributed by atoms with Gasteiger partial charge in [0.25, 0.3) is 0 Å². The fraction of sp³-hybridized carbons (Fsp3) is 0.316. The van der Waals surface area contributed by atoms with Gasteiger partial charge in [-0.2, -0.15) is 4.98 Å². The van der Waals surface area contributed by atoms with E-state index in [2.05, 4.69) is 15.4 Å². The highest BCUT2D eigenvalue weighted by molar-refractivity contribution is 5.92. The predicted octanol–water partition coefficient (Wildman–Crippen LogP) is 3.53. The predicted molar refractivity (Wildman–Crippen MR) is 95.5 cm³/mol. The number of aromatic nitrogens is 3. The summed E-state index contributed by atoms with van der Waals surface area (Å²) in [4.78, 5) is 16.3. The standard InChI is InChI=1S/C19H20N4O2/c1-12(2)25-15-6-3-5-14(11-15)16-7-4-8-17-20-19(22-23(16)17)21-18(24)13-9-10-13/h3-8,11-13H,9-10H2,1-2H3,(H,21,22,24). The fourth-order valence-electron chi connectivity index (χ4n) is 2.74. The third-order valence-corrected chi connectivity index (χ3v) is 4.04. The molecule has 3 aromatic rings. The van der Waals surface area contributed by atoms with Crippen LogP contribution in [0.1, 0.15) is 26.7 Å². The van der Waals surface area contributed by atoms with Crippen molar-refractivity contribution in [2.75, 3.05) is 5.32 Å². The van der Waals surface area contributed by atoms with Crippen LogP contribution in [0.4, 0.5) is 5.95 Å². The molecule has 0 unspecified atom stereocenters. The Morgan fingerprint density at radius 1 is 1.24 bits per heavy atom. The number of hydrogen-bond acceptors (Lipinski definition) is 4. The lowest BCUT2D eigenvalue weighted by molar-refractivity contribution is -0.117. The molecule has 1 saturated carbocycles. The molecule has 1 aliphatic carbocycles. The molecular formula is C19H20N4O2. The van der Waals surface area contributed by atoms with Crippen LogP contribution in [0, 0.1) is 5.92 Å². The lowest BCUT2D eigenvalue weighted by Crippen LogP contribution is -2.14. The van der Waals surface area contributed by atoms with Gasteiger partial charge in [-0.25, -0.2) is 4.52 Å². The summed E-state index contributed by atoms with van der Waals surface area (Å²) >= 11 is 0. The molecule has 4 rings (SSSR count). The van der Waals surface area contributed by atoms with Crippen LogP contribution in [-0.4, -0.2) is 26.6 Å². The maximum Gasteiger partial charge on any atom is 0.249 e. The van der Waals surface area contributed by atoms with Crippen molar-refractivity contribution in [3.8, 4) is 17.0 Å². The number of nitrogens with one attached hydrogen (secondary N) is 1. The zero-order valence-corrected chi connectivity index (χ0v) is 14.3. The molecule has 0 aliphatic heterocycles. The van der Waals surface area contributed by atoms with Crippen LogP contribution in [-0.2, 0) is 4.79 Å². The number of pyridine rings is 1. The normalized spacial score (nSPS) is 14.0. The van der Waals surface area contributed by atoms with E-state index in [9.17, 15) is 4.79 Å². The van der Waals surface area contributed by atoms with Gasteiger partial charge in [0.05, 0.1) is 11.8 Å². The largest absolute Gasteiger partial charge is 0.491 e. The number of carbonyl (C=O) groups is 1. The monoisotopic (exact) mass is 336 g/mol. The van der Waals surface area contributed by atoms with Gasteiger partial charge in [0, 0.05) is 11.5 Å². The Labute approximate surface area is 145 Å².